The summed E-state index contributed by atoms with van der Waals surface area (Å²) in [5.74, 6) is -1.62. The lowest BCUT2D eigenvalue weighted by molar-refractivity contribution is -0.152. The fourth-order valence-electron chi connectivity index (χ4n) is 3.84. The highest BCUT2D eigenvalue weighted by molar-refractivity contribution is 5.85. The van der Waals surface area contributed by atoms with Crippen LogP contribution in [-0.2, 0) is 9.59 Å². The predicted octanol–water partition coefficient (Wildman–Crippen LogP) is 2.57. The van der Waals surface area contributed by atoms with E-state index < -0.39 is 11.9 Å². The van der Waals surface area contributed by atoms with Crippen LogP contribution in [0.4, 0.5) is 0 Å². The van der Waals surface area contributed by atoms with Gasteiger partial charge in [-0.1, -0.05) is 12.8 Å². The van der Waals surface area contributed by atoms with E-state index in [0.29, 0.717) is 12.8 Å². The standard InChI is InChI=1S/C16H22N2O3/c19-15(11-5-1-2-6-12(11)16(20)21)18-10-4-8-14(18)13-7-3-9-17-13/h3,7,9,11-12,14,17H,1-2,4-6,8,10H2,(H,20,21). The zero-order valence-electron chi connectivity index (χ0n) is 12.1. The number of likely N-dealkylation sites (tertiary alicyclic amines) is 1. The zero-order chi connectivity index (χ0) is 14.8. The van der Waals surface area contributed by atoms with E-state index in [0.717, 1.165) is 37.9 Å². The van der Waals surface area contributed by atoms with Crippen LogP contribution in [0.5, 0.6) is 0 Å². The second-order valence-electron chi connectivity index (χ2n) is 6.15. The Morgan fingerprint density at radius 3 is 2.57 bits per heavy atom. The molecule has 1 saturated heterocycles. The number of carboxylic acid groups (broad SMARTS) is 1. The third-order valence-electron chi connectivity index (χ3n) is 4.92. The van der Waals surface area contributed by atoms with E-state index in [-0.39, 0.29) is 17.9 Å². The number of carbonyl (C=O) groups is 2. The number of rotatable bonds is 3. The Morgan fingerprint density at radius 2 is 1.90 bits per heavy atom. The Bertz CT molecular complexity index is 512. The molecule has 3 rings (SSSR count). The molecule has 3 atom stereocenters. The molecule has 3 unspecified atom stereocenters. The summed E-state index contributed by atoms with van der Waals surface area (Å²) < 4.78 is 0. The number of hydrogen-bond donors (Lipinski definition) is 2. The number of hydrogen-bond acceptors (Lipinski definition) is 2. The molecule has 2 N–H and O–H groups in total. The first-order valence-corrected chi connectivity index (χ1v) is 7.85. The number of aromatic amines is 1. The minimum Gasteiger partial charge on any atom is -0.481 e. The van der Waals surface area contributed by atoms with E-state index >= 15 is 0 Å². The van der Waals surface area contributed by atoms with Crippen LogP contribution in [0.1, 0.15) is 50.3 Å². The smallest absolute Gasteiger partial charge is 0.307 e. The predicted molar refractivity (Wildman–Crippen MR) is 77.6 cm³/mol. The molecule has 21 heavy (non-hydrogen) atoms. The highest BCUT2D eigenvalue weighted by atomic mass is 16.4. The molecule has 1 aliphatic heterocycles. The first kappa shape index (κ1) is 14.2. The van der Waals surface area contributed by atoms with Gasteiger partial charge in [0.15, 0.2) is 0 Å². The minimum absolute atomic E-state index is 0.0409. The maximum absolute atomic E-state index is 12.9. The molecule has 0 bridgehead atoms. The van der Waals surface area contributed by atoms with Crippen molar-refractivity contribution in [3.63, 3.8) is 0 Å². The van der Waals surface area contributed by atoms with Gasteiger partial charge in [0.25, 0.3) is 0 Å². The molecule has 1 amide bonds. The molecule has 1 aromatic heterocycles. The fourth-order valence-corrected chi connectivity index (χ4v) is 3.84. The molecule has 0 spiro atoms. The molecule has 2 aliphatic rings. The lowest BCUT2D eigenvalue weighted by Gasteiger charge is -2.33. The molecule has 1 saturated carbocycles. The van der Waals surface area contributed by atoms with Gasteiger partial charge in [-0.05, 0) is 37.8 Å². The molecular weight excluding hydrogens is 268 g/mol. The van der Waals surface area contributed by atoms with Gasteiger partial charge in [-0.2, -0.15) is 0 Å². The topological polar surface area (TPSA) is 73.4 Å². The summed E-state index contributed by atoms with van der Waals surface area (Å²) in [4.78, 5) is 29.4. The first-order valence-electron chi connectivity index (χ1n) is 7.85. The van der Waals surface area contributed by atoms with E-state index in [1.54, 1.807) is 0 Å². The highest BCUT2D eigenvalue weighted by Crippen LogP contribution is 2.37. The van der Waals surface area contributed by atoms with Crippen molar-refractivity contribution < 1.29 is 14.7 Å². The number of aliphatic carboxylic acids is 1. The average molecular weight is 290 g/mol. The molecule has 1 aliphatic carbocycles. The van der Waals surface area contributed by atoms with Gasteiger partial charge in [-0.3, -0.25) is 9.59 Å². The van der Waals surface area contributed by atoms with Gasteiger partial charge in [0.1, 0.15) is 0 Å². The van der Waals surface area contributed by atoms with Crippen molar-refractivity contribution in [2.24, 2.45) is 11.8 Å². The second kappa shape index (κ2) is 5.92. The van der Waals surface area contributed by atoms with Crippen molar-refractivity contribution in [1.82, 2.24) is 9.88 Å². The van der Waals surface area contributed by atoms with Gasteiger partial charge < -0.3 is 15.0 Å². The van der Waals surface area contributed by atoms with Gasteiger partial charge in [0, 0.05) is 18.4 Å². The number of nitrogens with one attached hydrogen (secondary N) is 1. The van der Waals surface area contributed by atoms with E-state index in [4.69, 9.17) is 0 Å². The maximum atomic E-state index is 12.9. The quantitative estimate of drug-likeness (QED) is 0.898. The summed E-state index contributed by atoms with van der Waals surface area (Å²) in [7, 11) is 0. The fraction of sp³-hybridized carbons (Fsp3) is 0.625. The van der Waals surface area contributed by atoms with Crippen LogP contribution in [0.25, 0.3) is 0 Å². The molecule has 5 heteroatoms. The van der Waals surface area contributed by atoms with Crippen molar-refractivity contribution in [3.8, 4) is 0 Å². The number of H-pyrrole nitrogens is 1. The molecule has 2 heterocycles. The maximum Gasteiger partial charge on any atom is 0.307 e. The first-order chi connectivity index (χ1) is 10.2. The van der Waals surface area contributed by atoms with Crippen LogP contribution >= 0.6 is 0 Å². The van der Waals surface area contributed by atoms with Crippen molar-refractivity contribution in [3.05, 3.63) is 24.0 Å². The Kier molecular flexibility index (Phi) is 3.99. The number of carboxylic acids is 1. The number of amides is 1. The van der Waals surface area contributed by atoms with Gasteiger partial charge in [0.05, 0.1) is 17.9 Å². The Hall–Kier alpha value is -1.78. The van der Waals surface area contributed by atoms with Gasteiger partial charge in [0.2, 0.25) is 5.91 Å². The summed E-state index contributed by atoms with van der Waals surface area (Å²) in [5.41, 5.74) is 1.06. The third-order valence-corrected chi connectivity index (χ3v) is 4.92. The van der Waals surface area contributed by atoms with Gasteiger partial charge in [-0.15, -0.1) is 0 Å². The monoisotopic (exact) mass is 290 g/mol. The van der Waals surface area contributed by atoms with Crippen molar-refractivity contribution >= 4 is 11.9 Å². The van der Waals surface area contributed by atoms with Gasteiger partial charge >= 0.3 is 5.97 Å². The van der Waals surface area contributed by atoms with Crippen molar-refractivity contribution in [2.45, 2.75) is 44.6 Å². The van der Waals surface area contributed by atoms with Crippen LogP contribution in [0, 0.1) is 11.8 Å². The van der Waals surface area contributed by atoms with E-state index in [1.165, 1.54) is 0 Å². The van der Waals surface area contributed by atoms with E-state index in [9.17, 15) is 14.7 Å². The SMILES string of the molecule is O=C(O)C1CCCCC1C(=O)N1CCCC1c1ccc[nH]1. The molecule has 1 aromatic rings. The minimum atomic E-state index is -0.816. The van der Waals surface area contributed by atoms with Crippen LogP contribution in [0.15, 0.2) is 18.3 Å². The van der Waals surface area contributed by atoms with E-state index in [1.807, 2.05) is 23.2 Å². The highest BCUT2D eigenvalue weighted by Gasteiger charge is 2.41. The number of nitrogens with zero attached hydrogens (tertiary/aromatic N) is 1. The Labute approximate surface area is 124 Å². The molecule has 2 fully saturated rings. The third kappa shape index (κ3) is 2.69. The molecular formula is C16H22N2O3. The lowest BCUT2D eigenvalue weighted by Crippen LogP contribution is -2.42. The number of carbonyl (C=O) groups excluding carboxylic acids is 1. The summed E-state index contributed by atoms with van der Waals surface area (Å²) in [6.07, 6.45) is 7.03. The Balaban J connectivity index is 1.78. The van der Waals surface area contributed by atoms with Crippen molar-refractivity contribution in [1.29, 1.82) is 0 Å². The second-order valence-corrected chi connectivity index (χ2v) is 6.15. The van der Waals surface area contributed by atoms with Crippen LogP contribution in [-0.4, -0.2) is 33.4 Å². The van der Waals surface area contributed by atoms with E-state index in [2.05, 4.69) is 4.98 Å². The Morgan fingerprint density at radius 1 is 1.14 bits per heavy atom. The lowest BCUT2D eigenvalue weighted by atomic mass is 9.78. The molecule has 0 radical (unpaired) electrons. The van der Waals surface area contributed by atoms with Crippen molar-refractivity contribution in [2.75, 3.05) is 6.54 Å². The largest absolute Gasteiger partial charge is 0.481 e. The summed E-state index contributed by atoms with van der Waals surface area (Å²) in [5, 5.41) is 9.37. The zero-order valence-corrected chi connectivity index (χ0v) is 12.1. The average Bonchev–Trinajstić information content (AvgIpc) is 3.16. The number of aromatic nitrogens is 1. The summed E-state index contributed by atoms with van der Waals surface area (Å²) in [6, 6.07) is 4.03. The summed E-state index contributed by atoms with van der Waals surface area (Å²) in [6.45, 7) is 0.741. The van der Waals surface area contributed by atoms with Crippen LogP contribution < -0.4 is 0 Å². The van der Waals surface area contributed by atoms with Crippen LogP contribution in [0.3, 0.4) is 0 Å². The van der Waals surface area contributed by atoms with Gasteiger partial charge in [-0.25, -0.2) is 0 Å². The normalized spacial score (nSPS) is 29.5. The van der Waals surface area contributed by atoms with Crippen LogP contribution in [0.2, 0.25) is 0 Å². The summed E-state index contributed by atoms with van der Waals surface area (Å²) >= 11 is 0. The molecule has 114 valence electrons. The molecule has 0 aromatic carbocycles. The molecule has 5 nitrogen and oxygen atoms in total.